The fourth-order valence-electron chi connectivity index (χ4n) is 3.95. The predicted molar refractivity (Wildman–Crippen MR) is 97.6 cm³/mol. The van der Waals surface area contributed by atoms with Crippen LogP contribution in [0.3, 0.4) is 0 Å². The first kappa shape index (κ1) is 17.2. The van der Waals surface area contributed by atoms with Gasteiger partial charge in [-0.2, -0.15) is 0 Å². The first-order chi connectivity index (χ1) is 11.7. The molecule has 4 nitrogen and oxygen atoms in total. The quantitative estimate of drug-likeness (QED) is 0.753. The van der Waals surface area contributed by atoms with Crippen LogP contribution in [0.25, 0.3) is 11.3 Å². The largest absolute Gasteiger partial charge is 0.468 e. The summed E-state index contributed by atoms with van der Waals surface area (Å²) in [7, 11) is 0. The van der Waals surface area contributed by atoms with E-state index in [1.807, 2.05) is 6.20 Å². The molecule has 2 saturated carbocycles. The van der Waals surface area contributed by atoms with Gasteiger partial charge in [0.2, 0.25) is 0 Å². The van der Waals surface area contributed by atoms with E-state index in [-0.39, 0.29) is 0 Å². The third-order valence-electron chi connectivity index (χ3n) is 5.07. The van der Waals surface area contributed by atoms with Gasteiger partial charge in [0.15, 0.2) is 0 Å². The smallest absolute Gasteiger partial charge is 0.293 e. The van der Waals surface area contributed by atoms with Crippen LogP contribution in [0.15, 0.2) is 34.9 Å². The minimum absolute atomic E-state index is 0.431. The molecule has 1 aromatic heterocycles. The Balaban J connectivity index is 0.000000300. The highest BCUT2D eigenvalue weighted by atomic mass is 79.9. The van der Waals surface area contributed by atoms with Gasteiger partial charge in [-0.3, -0.25) is 4.79 Å². The Hall–Kier alpha value is -1.62. The van der Waals surface area contributed by atoms with Gasteiger partial charge < -0.3 is 9.72 Å². The summed E-state index contributed by atoms with van der Waals surface area (Å²) < 4.78 is 5.27. The Kier molecular flexibility index (Phi) is 5.72. The van der Waals surface area contributed by atoms with Gasteiger partial charge in [0.05, 0.1) is 18.5 Å². The highest BCUT2D eigenvalue weighted by Crippen LogP contribution is 2.52. The van der Waals surface area contributed by atoms with Gasteiger partial charge in [-0.25, -0.2) is 4.98 Å². The molecule has 0 radical (unpaired) electrons. The van der Waals surface area contributed by atoms with Crippen molar-refractivity contribution in [3.05, 3.63) is 40.8 Å². The maximum Gasteiger partial charge on any atom is 0.293 e. The van der Waals surface area contributed by atoms with Gasteiger partial charge in [-0.15, -0.1) is 0 Å². The zero-order valence-electron chi connectivity index (χ0n) is 13.9. The van der Waals surface area contributed by atoms with E-state index in [2.05, 4.69) is 54.9 Å². The molecule has 0 saturated heterocycles. The second-order valence-corrected chi connectivity index (χ2v) is 7.44. The minimum atomic E-state index is 0.431. The normalized spacial score (nSPS) is 24.3. The van der Waals surface area contributed by atoms with Gasteiger partial charge in [-0.1, -0.05) is 34.5 Å². The zero-order valence-corrected chi connectivity index (χ0v) is 15.5. The number of rotatable bonds is 4. The first-order valence-electron chi connectivity index (χ1n) is 8.57. The van der Waals surface area contributed by atoms with Crippen molar-refractivity contribution < 1.29 is 9.53 Å². The average molecular weight is 391 g/mol. The number of H-pyrrole nitrogens is 1. The summed E-state index contributed by atoms with van der Waals surface area (Å²) in [6, 6.07) is 8.41. The van der Waals surface area contributed by atoms with Crippen LogP contribution >= 0.6 is 15.9 Å². The van der Waals surface area contributed by atoms with Crippen molar-refractivity contribution in [2.24, 2.45) is 11.8 Å². The number of halogens is 1. The summed E-state index contributed by atoms with van der Waals surface area (Å²) in [6.07, 6.45) is 7.62. The van der Waals surface area contributed by atoms with Crippen molar-refractivity contribution >= 4 is 22.4 Å². The van der Waals surface area contributed by atoms with Crippen molar-refractivity contribution in [3.63, 3.8) is 0 Å². The van der Waals surface area contributed by atoms with Gasteiger partial charge >= 0.3 is 0 Å². The molecule has 2 bridgehead atoms. The zero-order chi connectivity index (χ0) is 16.9. The number of fused-ring (bicyclic) bond motifs is 2. The van der Waals surface area contributed by atoms with Gasteiger partial charge in [0.25, 0.3) is 6.47 Å². The topological polar surface area (TPSA) is 55.0 Å². The van der Waals surface area contributed by atoms with Crippen LogP contribution in [0.4, 0.5) is 0 Å². The van der Waals surface area contributed by atoms with Crippen LogP contribution in [0.5, 0.6) is 0 Å². The van der Waals surface area contributed by atoms with E-state index in [0.717, 1.165) is 22.0 Å². The van der Waals surface area contributed by atoms with Crippen molar-refractivity contribution in [3.8, 4) is 11.3 Å². The SMILES string of the molecule is Brc1ccc(-c2cnc(C3CC4CCC3C4)[nH]2)cc1.CCOC=O. The number of aromatic nitrogens is 2. The molecule has 2 aliphatic rings. The number of carbonyl (C=O) groups excluding carboxylic acids is 1. The number of nitrogens with zero attached hydrogens (tertiary/aromatic N) is 1. The molecule has 0 spiro atoms. The van der Waals surface area contributed by atoms with E-state index >= 15 is 0 Å². The Labute approximate surface area is 151 Å². The van der Waals surface area contributed by atoms with Crippen LogP contribution in [0.2, 0.25) is 0 Å². The Bertz CT molecular complexity index is 668. The Morgan fingerprint density at radius 2 is 2.08 bits per heavy atom. The second kappa shape index (κ2) is 7.97. The second-order valence-electron chi connectivity index (χ2n) is 6.52. The molecule has 128 valence electrons. The van der Waals surface area contributed by atoms with Crippen LogP contribution < -0.4 is 0 Å². The number of hydrogen-bond acceptors (Lipinski definition) is 3. The van der Waals surface area contributed by atoms with Crippen LogP contribution in [0, 0.1) is 11.8 Å². The van der Waals surface area contributed by atoms with E-state index in [4.69, 9.17) is 0 Å². The van der Waals surface area contributed by atoms with Crippen LogP contribution in [0.1, 0.15) is 44.3 Å². The third kappa shape index (κ3) is 3.89. The van der Waals surface area contributed by atoms with E-state index < -0.39 is 0 Å². The van der Waals surface area contributed by atoms with Crippen molar-refractivity contribution in [1.29, 1.82) is 0 Å². The standard InChI is InChI=1S/C16H17BrN2.C3H6O2/c17-13-5-3-11(4-6-13)15-9-18-16(19-15)14-8-10-1-2-12(14)7-10;1-2-5-3-4/h3-6,9-10,12,14H,1-2,7-8H2,(H,18,19);3H,2H2,1H3. The highest BCUT2D eigenvalue weighted by molar-refractivity contribution is 9.10. The molecule has 1 N–H and O–H groups in total. The van der Waals surface area contributed by atoms with E-state index in [1.165, 1.54) is 37.1 Å². The molecule has 2 aliphatic carbocycles. The minimum Gasteiger partial charge on any atom is -0.468 e. The number of aromatic amines is 1. The molecule has 3 atom stereocenters. The summed E-state index contributed by atoms with van der Waals surface area (Å²) in [6.45, 7) is 2.66. The summed E-state index contributed by atoms with van der Waals surface area (Å²) in [5.41, 5.74) is 2.36. The Morgan fingerprint density at radius 1 is 1.29 bits per heavy atom. The molecule has 3 unspecified atom stereocenters. The molecule has 1 heterocycles. The molecule has 2 fully saturated rings. The molecule has 1 aromatic carbocycles. The maximum atomic E-state index is 9.18. The van der Waals surface area contributed by atoms with Crippen molar-refractivity contribution in [2.75, 3.05) is 6.61 Å². The highest BCUT2D eigenvalue weighted by Gasteiger charge is 2.41. The number of imidazole rings is 1. The number of carbonyl (C=O) groups is 1. The lowest BCUT2D eigenvalue weighted by Crippen LogP contribution is -2.09. The van der Waals surface area contributed by atoms with Crippen molar-refractivity contribution in [2.45, 2.75) is 38.5 Å². The molecule has 4 rings (SSSR count). The Morgan fingerprint density at radius 3 is 2.62 bits per heavy atom. The molecular formula is C19H23BrN2O2. The number of nitrogens with one attached hydrogen (secondary N) is 1. The molecule has 5 heteroatoms. The molecule has 0 amide bonds. The fraction of sp³-hybridized carbons (Fsp3) is 0.474. The molecule has 2 aromatic rings. The lowest BCUT2D eigenvalue weighted by molar-refractivity contribution is -0.128. The van der Waals surface area contributed by atoms with E-state index in [1.54, 1.807) is 6.92 Å². The monoisotopic (exact) mass is 390 g/mol. The summed E-state index contributed by atoms with van der Waals surface area (Å²) >= 11 is 3.47. The fourth-order valence-corrected chi connectivity index (χ4v) is 4.21. The predicted octanol–water partition coefficient (Wildman–Crippen LogP) is 4.92. The lowest BCUT2D eigenvalue weighted by atomic mass is 9.88. The average Bonchev–Trinajstić information content (AvgIpc) is 3.33. The van der Waals surface area contributed by atoms with Gasteiger partial charge in [0.1, 0.15) is 5.82 Å². The van der Waals surface area contributed by atoms with Gasteiger partial charge in [-0.05, 0) is 55.7 Å². The number of ether oxygens (including phenoxy) is 1. The molecule has 24 heavy (non-hydrogen) atoms. The molecular weight excluding hydrogens is 368 g/mol. The summed E-state index contributed by atoms with van der Waals surface area (Å²) in [5.74, 6) is 3.75. The number of hydrogen-bond donors (Lipinski definition) is 1. The number of benzene rings is 1. The molecule has 0 aliphatic heterocycles. The first-order valence-corrected chi connectivity index (χ1v) is 9.36. The van der Waals surface area contributed by atoms with Gasteiger partial charge in [0, 0.05) is 10.4 Å². The van der Waals surface area contributed by atoms with E-state index in [9.17, 15) is 4.79 Å². The van der Waals surface area contributed by atoms with E-state index in [0.29, 0.717) is 19.0 Å². The van der Waals surface area contributed by atoms with Crippen LogP contribution in [-0.4, -0.2) is 23.0 Å². The summed E-state index contributed by atoms with van der Waals surface area (Å²) in [4.78, 5) is 17.4. The lowest BCUT2D eigenvalue weighted by Gasteiger charge is -2.19. The maximum absolute atomic E-state index is 9.18. The van der Waals surface area contributed by atoms with Crippen LogP contribution in [-0.2, 0) is 9.53 Å². The summed E-state index contributed by atoms with van der Waals surface area (Å²) in [5, 5.41) is 0. The third-order valence-corrected chi connectivity index (χ3v) is 5.60. The van der Waals surface area contributed by atoms with Crippen molar-refractivity contribution in [1.82, 2.24) is 9.97 Å².